The standard InChI is InChI=1S/C19H29NO4/c1-13(17(23)20-11-15(22)10-19(20,5)12-21)24-16-8-6-7-14(9-16)18(2,3)4/h6-9,13,15,21-22H,10-12H2,1-5H3. The van der Waals surface area contributed by atoms with Crippen LogP contribution in [-0.4, -0.2) is 51.9 Å². The second-order valence-corrected chi connectivity index (χ2v) is 8.00. The van der Waals surface area contributed by atoms with Crippen molar-refractivity contribution in [3.63, 3.8) is 0 Å². The molecule has 1 aromatic rings. The third-order valence-electron chi connectivity index (χ3n) is 4.69. The van der Waals surface area contributed by atoms with Crippen molar-refractivity contribution in [2.45, 2.75) is 64.2 Å². The van der Waals surface area contributed by atoms with Gasteiger partial charge in [0, 0.05) is 13.0 Å². The highest BCUT2D eigenvalue weighted by Gasteiger charge is 2.45. The lowest BCUT2D eigenvalue weighted by Crippen LogP contribution is -2.51. The average molecular weight is 335 g/mol. The number of hydrogen-bond donors (Lipinski definition) is 2. The Morgan fingerprint density at radius 1 is 1.46 bits per heavy atom. The van der Waals surface area contributed by atoms with Crippen LogP contribution in [0.2, 0.25) is 0 Å². The van der Waals surface area contributed by atoms with E-state index in [0.29, 0.717) is 12.2 Å². The Balaban J connectivity index is 2.12. The van der Waals surface area contributed by atoms with Crippen molar-refractivity contribution in [3.05, 3.63) is 29.8 Å². The summed E-state index contributed by atoms with van der Waals surface area (Å²) in [6.45, 7) is 9.91. The average Bonchev–Trinajstić information content (AvgIpc) is 2.81. The van der Waals surface area contributed by atoms with Gasteiger partial charge in [0.05, 0.1) is 18.2 Å². The van der Waals surface area contributed by atoms with Gasteiger partial charge in [-0.15, -0.1) is 0 Å². The number of amides is 1. The van der Waals surface area contributed by atoms with Gasteiger partial charge in [0.2, 0.25) is 0 Å². The first kappa shape index (κ1) is 18.7. The van der Waals surface area contributed by atoms with E-state index in [4.69, 9.17) is 4.74 Å². The number of aliphatic hydroxyl groups is 2. The maximum Gasteiger partial charge on any atom is 0.263 e. The van der Waals surface area contributed by atoms with Crippen molar-refractivity contribution in [3.8, 4) is 5.75 Å². The first-order valence-electron chi connectivity index (χ1n) is 8.44. The lowest BCUT2D eigenvalue weighted by molar-refractivity contribution is -0.143. The molecule has 24 heavy (non-hydrogen) atoms. The molecule has 0 bridgehead atoms. The van der Waals surface area contributed by atoms with E-state index in [-0.39, 0.29) is 24.5 Å². The molecular formula is C19H29NO4. The molecule has 1 aromatic carbocycles. The topological polar surface area (TPSA) is 70.0 Å². The van der Waals surface area contributed by atoms with E-state index in [1.807, 2.05) is 24.3 Å². The summed E-state index contributed by atoms with van der Waals surface area (Å²) in [6, 6.07) is 7.75. The van der Waals surface area contributed by atoms with Crippen LogP contribution in [0.15, 0.2) is 24.3 Å². The third-order valence-corrected chi connectivity index (χ3v) is 4.69. The molecule has 3 atom stereocenters. The molecule has 0 aromatic heterocycles. The fraction of sp³-hybridized carbons (Fsp3) is 0.632. The van der Waals surface area contributed by atoms with Gasteiger partial charge in [0.1, 0.15) is 5.75 Å². The molecule has 1 saturated heterocycles. The first-order valence-corrected chi connectivity index (χ1v) is 8.44. The molecule has 0 spiro atoms. The molecule has 1 fully saturated rings. The number of carbonyl (C=O) groups excluding carboxylic acids is 1. The van der Waals surface area contributed by atoms with Crippen LogP contribution in [0.4, 0.5) is 0 Å². The van der Waals surface area contributed by atoms with E-state index >= 15 is 0 Å². The molecular weight excluding hydrogens is 306 g/mol. The minimum atomic E-state index is -0.735. The number of nitrogens with zero attached hydrogens (tertiary/aromatic N) is 1. The van der Waals surface area contributed by atoms with Crippen LogP contribution in [0.3, 0.4) is 0 Å². The van der Waals surface area contributed by atoms with E-state index in [0.717, 1.165) is 5.56 Å². The van der Waals surface area contributed by atoms with Crippen molar-refractivity contribution in [1.29, 1.82) is 0 Å². The summed E-state index contributed by atoms with van der Waals surface area (Å²) in [5, 5.41) is 19.5. The smallest absolute Gasteiger partial charge is 0.263 e. The number of aliphatic hydroxyl groups excluding tert-OH is 2. The van der Waals surface area contributed by atoms with Crippen molar-refractivity contribution in [2.24, 2.45) is 0 Å². The molecule has 0 saturated carbocycles. The summed E-state index contributed by atoms with van der Waals surface area (Å²) in [6.07, 6.45) is -0.916. The summed E-state index contributed by atoms with van der Waals surface area (Å²) < 4.78 is 5.84. The summed E-state index contributed by atoms with van der Waals surface area (Å²) in [5.74, 6) is 0.429. The summed E-state index contributed by atoms with van der Waals surface area (Å²) in [5.41, 5.74) is 0.402. The van der Waals surface area contributed by atoms with E-state index < -0.39 is 17.7 Å². The first-order chi connectivity index (χ1) is 11.1. The Bertz CT molecular complexity index is 595. The van der Waals surface area contributed by atoms with Gasteiger partial charge in [0.25, 0.3) is 5.91 Å². The van der Waals surface area contributed by atoms with Crippen molar-refractivity contribution >= 4 is 5.91 Å². The summed E-state index contributed by atoms with van der Waals surface area (Å²) in [7, 11) is 0. The minimum Gasteiger partial charge on any atom is -0.481 e. The predicted molar refractivity (Wildman–Crippen MR) is 93.1 cm³/mol. The molecule has 2 N–H and O–H groups in total. The molecule has 1 amide bonds. The fourth-order valence-electron chi connectivity index (χ4n) is 3.13. The molecule has 0 radical (unpaired) electrons. The van der Waals surface area contributed by atoms with Gasteiger partial charge in [-0.1, -0.05) is 32.9 Å². The second kappa shape index (κ2) is 6.73. The van der Waals surface area contributed by atoms with E-state index in [1.54, 1.807) is 13.8 Å². The third kappa shape index (κ3) is 3.90. The maximum absolute atomic E-state index is 12.7. The van der Waals surface area contributed by atoms with E-state index in [2.05, 4.69) is 20.8 Å². The van der Waals surface area contributed by atoms with Crippen LogP contribution in [0.1, 0.15) is 46.6 Å². The molecule has 1 aliphatic rings. The molecule has 5 nitrogen and oxygen atoms in total. The highest BCUT2D eigenvalue weighted by Crippen LogP contribution is 2.30. The van der Waals surface area contributed by atoms with Gasteiger partial charge in [-0.2, -0.15) is 0 Å². The number of hydrogen-bond acceptors (Lipinski definition) is 4. The lowest BCUT2D eigenvalue weighted by Gasteiger charge is -2.34. The minimum absolute atomic E-state index is 0.00113. The Morgan fingerprint density at radius 3 is 2.71 bits per heavy atom. The quantitative estimate of drug-likeness (QED) is 0.884. The van der Waals surface area contributed by atoms with E-state index in [9.17, 15) is 15.0 Å². The van der Waals surface area contributed by atoms with E-state index in [1.165, 1.54) is 4.90 Å². The van der Waals surface area contributed by atoms with Gasteiger partial charge < -0.3 is 19.8 Å². The van der Waals surface area contributed by atoms with Crippen LogP contribution in [0, 0.1) is 0 Å². The zero-order chi connectivity index (χ0) is 18.1. The lowest BCUT2D eigenvalue weighted by atomic mass is 9.87. The largest absolute Gasteiger partial charge is 0.481 e. The highest BCUT2D eigenvalue weighted by molar-refractivity contribution is 5.82. The molecule has 2 rings (SSSR count). The number of β-amino-alcohol motifs (C(OH)–C–C–N with tert-alkyl or cyclic N) is 1. The number of carbonyl (C=O) groups is 1. The number of likely N-dealkylation sites (tertiary alicyclic amines) is 1. The summed E-state index contributed by atoms with van der Waals surface area (Å²) >= 11 is 0. The number of benzene rings is 1. The predicted octanol–water partition coefficient (Wildman–Crippen LogP) is 2.10. The molecule has 0 aliphatic carbocycles. The zero-order valence-electron chi connectivity index (χ0n) is 15.2. The van der Waals surface area contributed by atoms with Gasteiger partial charge >= 0.3 is 0 Å². The Kier molecular flexibility index (Phi) is 5.25. The van der Waals surface area contributed by atoms with Crippen LogP contribution in [0.5, 0.6) is 5.75 Å². The van der Waals surface area contributed by atoms with Crippen LogP contribution < -0.4 is 4.74 Å². The van der Waals surface area contributed by atoms with Gasteiger partial charge in [-0.25, -0.2) is 0 Å². The molecule has 134 valence electrons. The summed E-state index contributed by atoms with van der Waals surface area (Å²) in [4.78, 5) is 14.3. The van der Waals surface area contributed by atoms with Crippen molar-refractivity contribution in [1.82, 2.24) is 4.90 Å². The molecule has 1 heterocycles. The molecule has 5 heteroatoms. The van der Waals surface area contributed by atoms with Gasteiger partial charge in [-0.05, 0) is 37.0 Å². The monoisotopic (exact) mass is 335 g/mol. The number of ether oxygens (including phenoxy) is 1. The second-order valence-electron chi connectivity index (χ2n) is 8.00. The SMILES string of the molecule is CC(Oc1cccc(C(C)(C)C)c1)C(=O)N1CC(O)CC1(C)CO. The van der Waals surface area contributed by atoms with Crippen LogP contribution in [-0.2, 0) is 10.2 Å². The van der Waals surface area contributed by atoms with Gasteiger partial charge in [0.15, 0.2) is 6.10 Å². The maximum atomic E-state index is 12.7. The van der Waals surface area contributed by atoms with Crippen molar-refractivity contribution < 1.29 is 19.7 Å². The molecule has 3 unspecified atom stereocenters. The normalized spacial score (nSPS) is 25.6. The Morgan fingerprint density at radius 2 is 2.12 bits per heavy atom. The fourth-order valence-corrected chi connectivity index (χ4v) is 3.13. The molecule has 1 aliphatic heterocycles. The Labute approximate surface area is 144 Å². The Hall–Kier alpha value is -1.59. The van der Waals surface area contributed by atoms with Crippen molar-refractivity contribution in [2.75, 3.05) is 13.2 Å². The number of rotatable bonds is 4. The highest BCUT2D eigenvalue weighted by atomic mass is 16.5. The van der Waals surface area contributed by atoms with Crippen LogP contribution in [0.25, 0.3) is 0 Å². The zero-order valence-corrected chi connectivity index (χ0v) is 15.2. The van der Waals surface area contributed by atoms with Gasteiger partial charge in [-0.3, -0.25) is 4.79 Å². The van der Waals surface area contributed by atoms with Crippen LogP contribution >= 0.6 is 0 Å².